The summed E-state index contributed by atoms with van der Waals surface area (Å²) in [6.07, 6.45) is 1.55. The zero-order chi connectivity index (χ0) is 10.8. The van der Waals surface area contributed by atoms with Gasteiger partial charge in [0.1, 0.15) is 0 Å². The molecule has 0 saturated carbocycles. The van der Waals surface area contributed by atoms with Crippen LogP contribution in [0.4, 0.5) is 0 Å². The molecule has 0 aromatic heterocycles. The van der Waals surface area contributed by atoms with Gasteiger partial charge in [-0.1, -0.05) is 13.8 Å². The smallest absolute Gasteiger partial charge is 0.0784 e. The predicted octanol–water partition coefficient (Wildman–Crippen LogP) is 1.82. The largest absolute Gasteiger partial charge is 0.379 e. The highest BCUT2D eigenvalue weighted by Crippen LogP contribution is 2.02. The Morgan fingerprint density at radius 3 is 2.43 bits per heavy atom. The Morgan fingerprint density at radius 2 is 1.93 bits per heavy atom. The monoisotopic (exact) mass is 203 g/mol. The maximum absolute atomic E-state index is 5.82. The zero-order valence-electron chi connectivity index (χ0n) is 10.0. The van der Waals surface area contributed by atoms with Crippen LogP contribution < -0.4 is 5.32 Å². The van der Waals surface area contributed by atoms with E-state index in [-0.39, 0.29) is 6.10 Å². The second-order valence-electron chi connectivity index (χ2n) is 3.44. The van der Waals surface area contributed by atoms with E-state index in [1.165, 1.54) is 0 Å². The van der Waals surface area contributed by atoms with Crippen LogP contribution in [0.25, 0.3) is 0 Å². The van der Waals surface area contributed by atoms with Crippen molar-refractivity contribution in [2.45, 2.75) is 46.3 Å². The third-order valence-electron chi connectivity index (χ3n) is 2.06. The zero-order valence-corrected chi connectivity index (χ0v) is 10.0. The molecule has 0 fully saturated rings. The fourth-order valence-electron chi connectivity index (χ4n) is 1.25. The van der Waals surface area contributed by atoms with Crippen LogP contribution in [0.15, 0.2) is 0 Å². The van der Waals surface area contributed by atoms with Crippen molar-refractivity contribution in [3.63, 3.8) is 0 Å². The van der Waals surface area contributed by atoms with Gasteiger partial charge in [-0.3, -0.25) is 0 Å². The highest BCUT2D eigenvalue weighted by molar-refractivity contribution is 4.61. The standard InChI is InChI=1S/C11H25NO2/c1-5-11(8-12-6-2)14-10(4)9-13-7-3/h10-12H,5-9H2,1-4H3. The first-order valence-electron chi connectivity index (χ1n) is 5.68. The normalized spacial score (nSPS) is 15.4. The molecule has 3 heteroatoms. The summed E-state index contributed by atoms with van der Waals surface area (Å²) in [6, 6.07) is 0. The molecule has 0 aliphatic rings. The molecule has 0 aliphatic carbocycles. The summed E-state index contributed by atoms with van der Waals surface area (Å²) in [7, 11) is 0. The Bertz CT molecular complexity index is 120. The molecule has 0 spiro atoms. The van der Waals surface area contributed by atoms with E-state index in [1.807, 2.05) is 6.92 Å². The topological polar surface area (TPSA) is 30.5 Å². The van der Waals surface area contributed by atoms with Crippen molar-refractivity contribution in [1.29, 1.82) is 0 Å². The van der Waals surface area contributed by atoms with Gasteiger partial charge >= 0.3 is 0 Å². The Balaban J connectivity index is 3.57. The Labute approximate surface area is 88.2 Å². The maximum atomic E-state index is 5.82. The molecule has 0 aliphatic heterocycles. The lowest BCUT2D eigenvalue weighted by atomic mass is 10.2. The van der Waals surface area contributed by atoms with Crippen molar-refractivity contribution in [3.8, 4) is 0 Å². The SMILES string of the molecule is CCNCC(CC)OC(C)COCC. The first-order chi connectivity index (χ1) is 6.74. The van der Waals surface area contributed by atoms with E-state index in [2.05, 4.69) is 26.1 Å². The molecule has 2 atom stereocenters. The van der Waals surface area contributed by atoms with Crippen LogP contribution >= 0.6 is 0 Å². The summed E-state index contributed by atoms with van der Waals surface area (Å²) in [4.78, 5) is 0. The van der Waals surface area contributed by atoms with E-state index < -0.39 is 0 Å². The second-order valence-corrected chi connectivity index (χ2v) is 3.44. The van der Waals surface area contributed by atoms with Gasteiger partial charge < -0.3 is 14.8 Å². The van der Waals surface area contributed by atoms with E-state index in [9.17, 15) is 0 Å². The molecular weight excluding hydrogens is 178 g/mol. The molecule has 0 aromatic carbocycles. The van der Waals surface area contributed by atoms with Crippen molar-refractivity contribution in [3.05, 3.63) is 0 Å². The van der Waals surface area contributed by atoms with E-state index in [1.54, 1.807) is 0 Å². The lowest BCUT2D eigenvalue weighted by Gasteiger charge is -2.21. The van der Waals surface area contributed by atoms with Crippen LogP contribution in [0.1, 0.15) is 34.1 Å². The summed E-state index contributed by atoms with van der Waals surface area (Å²) < 4.78 is 11.1. The molecule has 3 nitrogen and oxygen atoms in total. The van der Waals surface area contributed by atoms with Crippen molar-refractivity contribution in [2.24, 2.45) is 0 Å². The van der Waals surface area contributed by atoms with E-state index in [4.69, 9.17) is 9.47 Å². The van der Waals surface area contributed by atoms with Crippen LogP contribution in [0.2, 0.25) is 0 Å². The summed E-state index contributed by atoms with van der Waals surface area (Å²) in [5.74, 6) is 0. The molecule has 0 amide bonds. The predicted molar refractivity (Wildman–Crippen MR) is 59.7 cm³/mol. The molecule has 0 heterocycles. The molecule has 86 valence electrons. The molecule has 14 heavy (non-hydrogen) atoms. The highest BCUT2D eigenvalue weighted by atomic mass is 16.5. The van der Waals surface area contributed by atoms with Gasteiger partial charge in [-0.25, -0.2) is 0 Å². The third kappa shape index (κ3) is 7.30. The van der Waals surface area contributed by atoms with Crippen molar-refractivity contribution in [1.82, 2.24) is 5.32 Å². The van der Waals surface area contributed by atoms with Crippen LogP contribution in [-0.4, -0.2) is 38.5 Å². The minimum absolute atomic E-state index is 0.193. The van der Waals surface area contributed by atoms with E-state index in [0.717, 1.165) is 26.1 Å². The number of nitrogens with one attached hydrogen (secondary N) is 1. The van der Waals surface area contributed by atoms with Crippen LogP contribution in [0, 0.1) is 0 Å². The van der Waals surface area contributed by atoms with Crippen LogP contribution in [0.3, 0.4) is 0 Å². The van der Waals surface area contributed by atoms with Crippen LogP contribution in [-0.2, 0) is 9.47 Å². The summed E-state index contributed by atoms with van der Waals surface area (Å²) >= 11 is 0. The average molecular weight is 203 g/mol. The molecule has 0 saturated heterocycles. The lowest BCUT2D eigenvalue weighted by molar-refractivity contribution is -0.0462. The lowest BCUT2D eigenvalue weighted by Crippen LogP contribution is -2.32. The first kappa shape index (κ1) is 13.9. The second kappa shape index (κ2) is 9.44. The van der Waals surface area contributed by atoms with Gasteiger partial charge in [0.25, 0.3) is 0 Å². The molecule has 0 aromatic rings. The van der Waals surface area contributed by atoms with Crippen LogP contribution in [0.5, 0.6) is 0 Å². The molecule has 0 rings (SSSR count). The van der Waals surface area contributed by atoms with Gasteiger partial charge in [0.05, 0.1) is 18.8 Å². The minimum Gasteiger partial charge on any atom is -0.379 e. The highest BCUT2D eigenvalue weighted by Gasteiger charge is 2.10. The maximum Gasteiger partial charge on any atom is 0.0784 e. The summed E-state index contributed by atoms with van der Waals surface area (Å²) in [5, 5.41) is 3.29. The quantitative estimate of drug-likeness (QED) is 0.620. The fraction of sp³-hybridized carbons (Fsp3) is 1.00. The Hall–Kier alpha value is -0.120. The van der Waals surface area contributed by atoms with Gasteiger partial charge in [0, 0.05) is 13.2 Å². The molecule has 1 N–H and O–H groups in total. The van der Waals surface area contributed by atoms with E-state index in [0.29, 0.717) is 12.7 Å². The van der Waals surface area contributed by atoms with E-state index >= 15 is 0 Å². The fourth-order valence-corrected chi connectivity index (χ4v) is 1.25. The van der Waals surface area contributed by atoms with Gasteiger partial charge in [0.2, 0.25) is 0 Å². The number of ether oxygens (including phenoxy) is 2. The number of likely N-dealkylation sites (N-methyl/N-ethyl adjacent to an activating group) is 1. The minimum atomic E-state index is 0.193. The first-order valence-corrected chi connectivity index (χ1v) is 5.68. The molecule has 0 bridgehead atoms. The summed E-state index contributed by atoms with van der Waals surface area (Å²) in [5.41, 5.74) is 0. The van der Waals surface area contributed by atoms with Gasteiger partial charge in [-0.2, -0.15) is 0 Å². The number of hydrogen-bond acceptors (Lipinski definition) is 3. The third-order valence-corrected chi connectivity index (χ3v) is 2.06. The van der Waals surface area contributed by atoms with Crippen molar-refractivity contribution in [2.75, 3.05) is 26.3 Å². The molecule has 0 radical (unpaired) electrons. The van der Waals surface area contributed by atoms with Gasteiger partial charge in [-0.15, -0.1) is 0 Å². The van der Waals surface area contributed by atoms with Crippen molar-refractivity contribution >= 4 is 0 Å². The average Bonchev–Trinajstić information content (AvgIpc) is 2.21. The Morgan fingerprint density at radius 1 is 1.21 bits per heavy atom. The van der Waals surface area contributed by atoms with Gasteiger partial charge in [0.15, 0.2) is 0 Å². The number of rotatable bonds is 9. The van der Waals surface area contributed by atoms with Gasteiger partial charge in [-0.05, 0) is 26.8 Å². The summed E-state index contributed by atoms with van der Waals surface area (Å²) in [6.45, 7) is 11.7. The molecular formula is C11H25NO2. The number of hydrogen-bond donors (Lipinski definition) is 1. The van der Waals surface area contributed by atoms with Crippen molar-refractivity contribution < 1.29 is 9.47 Å². The Kier molecular flexibility index (Phi) is 9.35. The molecule has 2 unspecified atom stereocenters.